The van der Waals surface area contributed by atoms with Gasteiger partial charge in [-0.3, -0.25) is 9.98 Å². The number of ether oxygens (including phenoxy) is 2. The van der Waals surface area contributed by atoms with E-state index in [-0.39, 0.29) is 34.0 Å². The molecule has 0 heterocycles. The van der Waals surface area contributed by atoms with Crippen molar-refractivity contribution >= 4 is 12.4 Å². The summed E-state index contributed by atoms with van der Waals surface area (Å²) in [6.45, 7) is 10.4. The normalized spacial score (nSPS) is 10.6. The number of aliphatic imine (C=N–C) groups is 2. The van der Waals surface area contributed by atoms with Gasteiger partial charge in [-0.15, -0.1) is 0 Å². The summed E-state index contributed by atoms with van der Waals surface area (Å²) in [7, 11) is 0. The second kappa shape index (κ2) is 32.1. The van der Waals surface area contributed by atoms with Crippen LogP contribution >= 0.6 is 0 Å². The van der Waals surface area contributed by atoms with Crippen molar-refractivity contribution in [1.29, 1.82) is 0 Å². The van der Waals surface area contributed by atoms with E-state index in [0.29, 0.717) is 48.9 Å². The molecule has 2 aromatic rings. The Morgan fingerprint density at radius 3 is 1.44 bits per heavy atom. The standard InChI is InChI=1S/C34H54N4O4.Mn.NO3.H2O/c1-3-5-7-9-25-41-33-17-11-15-31(39)29(33)27-37-21-13-19-35-23-24-36-20-14-22-38-28-30-32(40)16-12-18-34(30)42-26-10-8-6-4-2;;2-1(3)4;/h11-12,15-18,27-28,35-36,39-40H,3-10,13-14,19-26H2,1-2H3;;;1H2/q;+3;-1;/p-2. The fourth-order valence-electron chi connectivity index (χ4n) is 4.31. The molecule has 0 bridgehead atoms. The monoisotopic (exact) mass is 715 g/mol. The van der Waals surface area contributed by atoms with Crippen molar-refractivity contribution in [3.63, 3.8) is 0 Å². The van der Waals surface area contributed by atoms with Gasteiger partial charge in [0, 0.05) is 49.7 Å². The van der Waals surface area contributed by atoms with Gasteiger partial charge >= 0.3 is 17.1 Å². The maximum Gasteiger partial charge on any atom is 3.00 e. The molecule has 2 aromatic carbocycles. The van der Waals surface area contributed by atoms with Gasteiger partial charge in [0.1, 0.15) is 11.5 Å². The smallest absolute Gasteiger partial charge is 0.872 e. The van der Waals surface area contributed by atoms with Crippen LogP contribution in [0.4, 0.5) is 0 Å². The average molecular weight is 716 g/mol. The third-order valence-corrected chi connectivity index (χ3v) is 6.76. The van der Waals surface area contributed by atoms with Crippen molar-refractivity contribution in [3.8, 4) is 23.0 Å². The van der Waals surface area contributed by atoms with E-state index in [1.54, 1.807) is 36.7 Å². The Kier molecular flexibility index (Phi) is 31.3. The molecule has 0 aliphatic carbocycles. The first kappa shape index (κ1) is 46.7. The minimum Gasteiger partial charge on any atom is -0.872 e. The second-order valence-corrected chi connectivity index (χ2v) is 10.7. The third kappa shape index (κ3) is 23.8. The average Bonchev–Trinajstić information content (AvgIpc) is 3.02. The molecule has 0 aliphatic rings. The number of hydrogen-bond acceptors (Lipinski definition) is 11. The molecule has 14 heteroatoms. The molecule has 0 spiro atoms. The molecule has 0 radical (unpaired) electrons. The summed E-state index contributed by atoms with van der Waals surface area (Å²) in [5, 5.41) is 46.1. The number of benzene rings is 2. The van der Waals surface area contributed by atoms with Gasteiger partial charge in [0.2, 0.25) is 0 Å². The maximum absolute atomic E-state index is 12.3. The summed E-state index contributed by atoms with van der Waals surface area (Å²) >= 11 is 0. The zero-order valence-electron chi connectivity index (χ0n) is 28.4. The van der Waals surface area contributed by atoms with E-state index in [2.05, 4.69) is 34.5 Å². The predicted octanol–water partition coefficient (Wildman–Crippen LogP) is 4.18. The van der Waals surface area contributed by atoms with Gasteiger partial charge in [-0.25, -0.2) is 0 Å². The van der Waals surface area contributed by atoms with Gasteiger partial charge in [-0.1, -0.05) is 88.1 Å². The van der Waals surface area contributed by atoms with Gasteiger partial charge in [0.15, 0.2) is 0 Å². The first-order valence-electron chi connectivity index (χ1n) is 16.5. The van der Waals surface area contributed by atoms with Crippen molar-refractivity contribution in [2.24, 2.45) is 9.98 Å². The van der Waals surface area contributed by atoms with Crippen LogP contribution in [-0.4, -0.2) is 75.5 Å². The molecule has 0 atom stereocenters. The molecule has 0 aromatic heterocycles. The van der Waals surface area contributed by atoms with Gasteiger partial charge in [0.05, 0.1) is 18.3 Å². The van der Waals surface area contributed by atoms with Crippen LogP contribution in [0.3, 0.4) is 0 Å². The Balaban J connectivity index is 0. The first-order chi connectivity index (χ1) is 22.4. The molecule has 13 nitrogen and oxygen atoms in total. The number of hydrogen-bond donors (Lipinski definition) is 2. The molecular formula is C34H54MnN5O8. The predicted molar refractivity (Wildman–Crippen MR) is 185 cm³/mol. The molecule has 0 amide bonds. The fourth-order valence-corrected chi connectivity index (χ4v) is 4.31. The number of nitrogens with zero attached hydrogens (tertiary/aromatic N) is 3. The van der Waals surface area contributed by atoms with E-state index in [0.717, 1.165) is 64.7 Å². The van der Waals surface area contributed by atoms with Crippen LogP contribution in [0.1, 0.15) is 89.2 Å². The Bertz CT molecular complexity index is 1060. The van der Waals surface area contributed by atoms with Crippen molar-refractivity contribution in [2.45, 2.75) is 78.1 Å². The number of rotatable bonds is 25. The summed E-state index contributed by atoms with van der Waals surface area (Å²) in [5.74, 6) is 1.14. The summed E-state index contributed by atoms with van der Waals surface area (Å²) in [5.41, 5.74) is 1.08. The summed E-state index contributed by atoms with van der Waals surface area (Å²) in [6, 6.07) is 10.3. The summed E-state index contributed by atoms with van der Waals surface area (Å²) in [4.78, 5) is 17.2. The molecule has 0 saturated heterocycles. The largest absolute Gasteiger partial charge is 3.00 e. The zero-order valence-corrected chi connectivity index (χ0v) is 29.6. The number of nitrogens with one attached hydrogen (secondary N) is 2. The molecule has 0 aliphatic heterocycles. The van der Waals surface area contributed by atoms with E-state index in [1.165, 1.54) is 25.7 Å². The molecule has 48 heavy (non-hydrogen) atoms. The van der Waals surface area contributed by atoms with Gasteiger partial charge in [-0.2, -0.15) is 0 Å². The molecule has 0 saturated carbocycles. The third-order valence-electron chi connectivity index (χ3n) is 6.76. The Hall–Kier alpha value is -3.42. The maximum atomic E-state index is 12.3. The second-order valence-electron chi connectivity index (χ2n) is 10.7. The van der Waals surface area contributed by atoms with Crippen LogP contribution in [0.25, 0.3) is 0 Å². The molecule has 0 fully saturated rings. The van der Waals surface area contributed by atoms with Gasteiger partial charge < -0.3 is 51.1 Å². The minimum atomic E-state index is -1.75. The Morgan fingerprint density at radius 1 is 0.667 bits per heavy atom. The van der Waals surface area contributed by atoms with E-state index < -0.39 is 5.09 Å². The SMILES string of the molecule is CCCCCCOc1cccc([O-])c1C=NCCCNCCNCCCN=Cc1c([O-])cccc1OCCCCCC.O.O=[N+]([O-])[O-].[Mn+3]. The Morgan fingerprint density at radius 2 is 1.06 bits per heavy atom. The molecular weight excluding hydrogens is 661 g/mol. The van der Waals surface area contributed by atoms with Gasteiger partial charge in [0.25, 0.3) is 0 Å². The van der Waals surface area contributed by atoms with E-state index in [9.17, 15) is 10.2 Å². The molecule has 4 N–H and O–H groups in total. The van der Waals surface area contributed by atoms with Crippen LogP contribution in [0.2, 0.25) is 0 Å². The topological polar surface area (TPSA) is 211 Å². The molecule has 0 unspecified atom stereocenters. The first-order valence-corrected chi connectivity index (χ1v) is 16.5. The van der Waals surface area contributed by atoms with Crippen molar-refractivity contribution in [1.82, 2.24) is 10.6 Å². The van der Waals surface area contributed by atoms with E-state index in [1.807, 2.05) is 12.1 Å². The van der Waals surface area contributed by atoms with Crippen LogP contribution in [0.15, 0.2) is 46.4 Å². The molecule has 270 valence electrons. The summed E-state index contributed by atoms with van der Waals surface area (Å²) < 4.78 is 11.7. The van der Waals surface area contributed by atoms with Crippen molar-refractivity contribution in [2.75, 3.05) is 52.5 Å². The quantitative estimate of drug-likeness (QED) is 0.0496. The van der Waals surface area contributed by atoms with Crippen molar-refractivity contribution in [3.05, 3.63) is 62.8 Å². The Labute approximate surface area is 296 Å². The van der Waals surface area contributed by atoms with Crippen LogP contribution in [0.5, 0.6) is 23.0 Å². The summed E-state index contributed by atoms with van der Waals surface area (Å²) in [6.07, 6.45) is 14.2. The fraction of sp³-hybridized carbons (Fsp3) is 0.588. The molecule has 2 rings (SSSR count). The van der Waals surface area contributed by atoms with Crippen molar-refractivity contribution < 1.29 is 47.3 Å². The minimum absolute atomic E-state index is 0. The van der Waals surface area contributed by atoms with Crippen LogP contribution < -0.4 is 30.3 Å². The van der Waals surface area contributed by atoms with E-state index >= 15 is 0 Å². The number of unbranched alkanes of at least 4 members (excludes halogenated alkanes) is 6. The van der Waals surface area contributed by atoms with Crippen LogP contribution in [-0.2, 0) is 17.1 Å². The van der Waals surface area contributed by atoms with Gasteiger partial charge in [-0.05, 0) is 50.9 Å². The van der Waals surface area contributed by atoms with Crippen LogP contribution in [0, 0.1) is 15.3 Å². The zero-order chi connectivity index (χ0) is 33.7. The van der Waals surface area contributed by atoms with E-state index in [4.69, 9.17) is 24.8 Å².